The molecule has 0 spiro atoms. The molecule has 0 aliphatic rings. The van der Waals surface area contributed by atoms with Crippen LogP contribution in [0.3, 0.4) is 0 Å². The molecule has 0 radical (unpaired) electrons. The summed E-state index contributed by atoms with van der Waals surface area (Å²) in [5, 5.41) is 41.2. The number of phenols is 1. The summed E-state index contributed by atoms with van der Waals surface area (Å²) >= 11 is 0. The van der Waals surface area contributed by atoms with E-state index in [4.69, 9.17) is 43.4 Å². The van der Waals surface area contributed by atoms with Crippen LogP contribution in [0, 0.1) is 0 Å². The summed E-state index contributed by atoms with van der Waals surface area (Å²) in [4.78, 5) is 23.9. The van der Waals surface area contributed by atoms with Crippen LogP contribution in [0.5, 0.6) is 5.75 Å². The quantitative estimate of drug-likeness (QED) is 0.0495. The first-order valence-electron chi connectivity index (χ1n) is 16.2. The van der Waals surface area contributed by atoms with Gasteiger partial charge < -0.3 is 59.1 Å². The predicted molar refractivity (Wildman–Crippen MR) is 178 cm³/mol. The first-order valence-corrected chi connectivity index (χ1v) is 16.2. The molecule has 0 atom stereocenters. The highest BCUT2D eigenvalue weighted by molar-refractivity contribution is 5.94. The summed E-state index contributed by atoms with van der Waals surface area (Å²) < 4.78 is 37.1. The van der Waals surface area contributed by atoms with Gasteiger partial charge in [0.25, 0.3) is 5.91 Å². The highest BCUT2D eigenvalue weighted by Gasteiger charge is 2.07. The zero-order valence-corrected chi connectivity index (χ0v) is 28.0. The molecule has 0 saturated carbocycles. The molecule has 16 nitrogen and oxygen atoms in total. The van der Waals surface area contributed by atoms with Crippen LogP contribution in [0.25, 0.3) is 0 Å². The monoisotopic (exact) mass is 694 g/mol. The Kier molecular flexibility index (Phi) is 22.9. The molecule has 0 bridgehead atoms. The van der Waals surface area contributed by atoms with Gasteiger partial charge in [-0.2, -0.15) is 5.11 Å². The minimum absolute atomic E-state index is 0.0274. The molecule has 2 aromatic rings. The average molecular weight is 695 g/mol. The molecule has 274 valence electrons. The Labute approximate surface area is 286 Å². The van der Waals surface area contributed by atoms with E-state index in [1.54, 1.807) is 43.3 Å². The molecule has 0 saturated heterocycles. The second-order valence-electron chi connectivity index (χ2n) is 10.2. The summed E-state index contributed by atoms with van der Waals surface area (Å²) in [5.41, 5.74) is 2.10. The van der Waals surface area contributed by atoms with E-state index >= 15 is 0 Å². The Morgan fingerprint density at radius 2 is 1.24 bits per heavy atom. The fraction of sp³-hybridized carbons (Fsp3) is 0.576. The van der Waals surface area contributed by atoms with E-state index in [0.717, 1.165) is 5.56 Å². The molecule has 49 heavy (non-hydrogen) atoms. The van der Waals surface area contributed by atoms with Gasteiger partial charge in [-0.05, 0) is 55.3 Å². The van der Waals surface area contributed by atoms with Crippen LogP contribution in [0.2, 0.25) is 0 Å². The maximum atomic E-state index is 12.4. The van der Waals surface area contributed by atoms with E-state index in [1.165, 1.54) is 6.07 Å². The zero-order valence-electron chi connectivity index (χ0n) is 28.0. The van der Waals surface area contributed by atoms with Gasteiger partial charge in [0.05, 0.1) is 91.6 Å². The number of ether oxygens (including phenoxy) is 7. The summed E-state index contributed by atoms with van der Waals surface area (Å²) in [7, 11) is 0. The fourth-order valence-electron chi connectivity index (χ4n) is 3.82. The van der Waals surface area contributed by atoms with E-state index < -0.39 is 12.4 Å². The SMILES string of the molecule is CCOC(=O)NCCc1ccc(O)c(N=Nc2ccc(C(=O)NCCOCCOCCOCCOCCOCCOCCC(O)O)cc2)c1. The van der Waals surface area contributed by atoms with Crippen molar-refractivity contribution in [3.05, 3.63) is 53.6 Å². The van der Waals surface area contributed by atoms with E-state index in [9.17, 15) is 14.7 Å². The Hall–Kier alpha value is -3.74. The van der Waals surface area contributed by atoms with E-state index in [1.807, 2.05) is 0 Å². The van der Waals surface area contributed by atoms with E-state index in [2.05, 4.69) is 20.9 Å². The first kappa shape index (κ1) is 41.4. The number of alkyl carbamates (subject to hydrolysis) is 1. The smallest absolute Gasteiger partial charge is 0.407 e. The molecule has 0 aliphatic carbocycles. The van der Waals surface area contributed by atoms with Gasteiger partial charge in [-0.15, -0.1) is 5.11 Å². The van der Waals surface area contributed by atoms with Crippen molar-refractivity contribution in [3.8, 4) is 5.75 Å². The number of azo groups is 1. The van der Waals surface area contributed by atoms with Crippen molar-refractivity contribution in [2.75, 3.05) is 99.0 Å². The van der Waals surface area contributed by atoms with Crippen LogP contribution in [-0.4, -0.2) is 133 Å². The molecule has 16 heteroatoms. The molecule has 0 aromatic heterocycles. The van der Waals surface area contributed by atoms with Gasteiger partial charge in [-0.3, -0.25) is 4.79 Å². The van der Waals surface area contributed by atoms with Gasteiger partial charge in [0.2, 0.25) is 0 Å². The third kappa shape index (κ3) is 21.1. The number of aliphatic hydroxyl groups is 2. The third-order valence-electron chi connectivity index (χ3n) is 6.31. The minimum Gasteiger partial charge on any atom is -0.506 e. The molecular formula is C33H50N4O12. The lowest BCUT2D eigenvalue weighted by molar-refractivity contribution is -0.0655. The number of carbonyl (C=O) groups excluding carboxylic acids is 2. The van der Waals surface area contributed by atoms with Gasteiger partial charge in [0.15, 0.2) is 6.29 Å². The largest absolute Gasteiger partial charge is 0.506 e. The topological polar surface area (TPSA) is 208 Å². The van der Waals surface area contributed by atoms with Crippen LogP contribution in [-0.2, 0) is 39.6 Å². The van der Waals surface area contributed by atoms with Crippen molar-refractivity contribution in [2.45, 2.75) is 26.1 Å². The second-order valence-corrected chi connectivity index (χ2v) is 10.2. The molecule has 2 rings (SSSR count). The maximum Gasteiger partial charge on any atom is 0.407 e. The number of phenolic OH excluding ortho intramolecular Hbond substituents is 1. The van der Waals surface area contributed by atoms with Crippen molar-refractivity contribution in [3.63, 3.8) is 0 Å². The zero-order chi connectivity index (χ0) is 35.4. The Bertz CT molecular complexity index is 1200. The molecule has 0 aliphatic heterocycles. The lowest BCUT2D eigenvalue weighted by atomic mass is 10.1. The van der Waals surface area contributed by atoms with Gasteiger partial charge in [0, 0.05) is 25.1 Å². The molecule has 0 fully saturated rings. The van der Waals surface area contributed by atoms with Crippen molar-refractivity contribution in [1.29, 1.82) is 0 Å². The lowest BCUT2D eigenvalue weighted by Gasteiger charge is -2.09. The van der Waals surface area contributed by atoms with Crippen LogP contribution >= 0.6 is 0 Å². The number of nitrogens with one attached hydrogen (secondary N) is 2. The molecule has 2 amide bonds. The van der Waals surface area contributed by atoms with E-state index in [0.29, 0.717) is 110 Å². The number of benzene rings is 2. The van der Waals surface area contributed by atoms with E-state index in [-0.39, 0.29) is 30.4 Å². The molecule has 5 N–H and O–H groups in total. The predicted octanol–water partition coefficient (Wildman–Crippen LogP) is 2.63. The number of rotatable bonds is 28. The van der Waals surface area contributed by atoms with Crippen molar-refractivity contribution in [1.82, 2.24) is 10.6 Å². The summed E-state index contributed by atoms with van der Waals surface area (Å²) in [6.45, 7) is 7.56. The number of aliphatic hydroxyl groups excluding tert-OH is 1. The molecule has 0 heterocycles. The maximum absolute atomic E-state index is 12.4. The second kappa shape index (κ2) is 27.1. The number of carbonyl (C=O) groups is 2. The van der Waals surface area contributed by atoms with Crippen molar-refractivity contribution >= 4 is 23.4 Å². The summed E-state index contributed by atoms with van der Waals surface area (Å²) in [6.07, 6.45) is -1.13. The third-order valence-corrected chi connectivity index (χ3v) is 6.31. The lowest BCUT2D eigenvalue weighted by Crippen LogP contribution is -2.27. The molecule has 2 aromatic carbocycles. The minimum atomic E-state index is -1.35. The van der Waals surface area contributed by atoms with Crippen LogP contribution < -0.4 is 10.6 Å². The number of hydrogen-bond acceptors (Lipinski definition) is 14. The van der Waals surface area contributed by atoms with Gasteiger partial charge in [0.1, 0.15) is 11.4 Å². The highest BCUT2D eigenvalue weighted by Crippen LogP contribution is 2.29. The number of hydrogen-bond donors (Lipinski definition) is 5. The first-order chi connectivity index (χ1) is 23.9. The van der Waals surface area contributed by atoms with Crippen molar-refractivity contribution < 1.29 is 58.1 Å². The number of nitrogens with zero attached hydrogens (tertiary/aromatic N) is 2. The average Bonchev–Trinajstić information content (AvgIpc) is 3.09. The summed E-state index contributed by atoms with van der Waals surface area (Å²) in [5.74, 6) is -0.277. The number of aromatic hydroxyl groups is 1. The number of amides is 2. The van der Waals surface area contributed by atoms with Crippen LogP contribution in [0.4, 0.5) is 16.2 Å². The highest BCUT2D eigenvalue weighted by atomic mass is 16.6. The molecule has 0 unspecified atom stereocenters. The Balaban J connectivity index is 1.46. The summed E-state index contributed by atoms with van der Waals surface area (Å²) in [6, 6.07) is 11.5. The Morgan fingerprint density at radius 3 is 1.80 bits per heavy atom. The van der Waals surface area contributed by atoms with Crippen molar-refractivity contribution in [2.24, 2.45) is 10.2 Å². The van der Waals surface area contributed by atoms with Gasteiger partial charge in [-0.1, -0.05) is 6.07 Å². The van der Waals surface area contributed by atoms with Crippen LogP contribution in [0.15, 0.2) is 52.7 Å². The fourth-order valence-corrected chi connectivity index (χ4v) is 3.82. The Morgan fingerprint density at radius 1 is 0.694 bits per heavy atom. The standard InChI is InChI=1S/C33H50N4O12/c1-2-49-33(42)35-11-9-26-3-8-30(38)29(25-26)37-36-28-6-4-27(5-7-28)32(41)34-12-14-44-16-18-46-20-22-48-24-23-47-21-19-45-17-15-43-13-10-31(39)40/h3-8,25,31,38-40H,2,9-24H2,1H3,(H,34,41)(H,35,42). The van der Waals surface area contributed by atoms with Crippen LogP contribution in [0.1, 0.15) is 29.3 Å². The molecular weight excluding hydrogens is 644 g/mol. The van der Waals surface area contributed by atoms with Gasteiger partial charge >= 0.3 is 6.09 Å². The normalized spacial score (nSPS) is 11.3. The van der Waals surface area contributed by atoms with Gasteiger partial charge in [-0.25, -0.2) is 4.79 Å².